The first kappa shape index (κ1) is 14.2. The number of likely N-dealkylation sites (N-methyl/N-ethyl adjacent to an activating group) is 1. The Kier molecular flexibility index (Phi) is 4.66. The molecule has 1 N–H and O–H groups in total. The third-order valence-corrected chi connectivity index (χ3v) is 3.73. The molecule has 2 unspecified atom stereocenters. The van der Waals surface area contributed by atoms with Gasteiger partial charge in [-0.05, 0) is 32.0 Å². The van der Waals surface area contributed by atoms with Gasteiger partial charge >= 0.3 is 0 Å². The zero-order valence-corrected chi connectivity index (χ0v) is 12.0. The molecular weight excluding hydrogens is 264 g/mol. The number of hydrogen-bond donors (Lipinski definition) is 1. The second-order valence-electron chi connectivity index (χ2n) is 4.79. The van der Waals surface area contributed by atoms with Crippen molar-refractivity contribution in [1.82, 2.24) is 10.2 Å². The zero-order valence-electron chi connectivity index (χ0n) is 11.2. The Morgan fingerprint density at radius 2 is 2.26 bits per heavy atom. The minimum Gasteiger partial charge on any atom is -0.479 e. The number of halogens is 1. The second-order valence-corrected chi connectivity index (χ2v) is 5.19. The molecule has 19 heavy (non-hydrogen) atoms. The van der Waals surface area contributed by atoms with E-state index in [1.54, 1.807) is 24.0 Å². The average molecular weight is 283 g/mol. The van der Waals surface area contributed by atoms with E-state index in [1.165, 1.54) is 0 Å². The first-order valence-corrected chi connectivity index (χ1v) is 6.86. The van der Waals surface area contributed by atoms with Gasteiger partial charge in [0.05, 0.1) is 5.02 Å². The number of amides is 1. The van der Waals surface area contributed by atoms with Gasteiger partial charge in [-0.2, -0.15) is 0 Å². The van der Waals surface area contributed by atoms with E-state index >= 15 is 0 Å². The maximum atomic E-state index is 12.3. The molecule has 104 valence electrons. The summed E-state index contributed by atoms with van der Waals surface area (Å²) in [6.07, 6.45) is 0.451. The summed E-state index contributed by atoms with van der Waals surface area (Å²) in [7, 11) is 1.83. The summed E-state index contributed by atoms with van der Waals surface area (Å²) in [5.41, 5.74) is 0. The number of para-hydroxylation sites is 1. The molecule has 0 bridgehead atoms. The van der Waals surface area contributed by atoms with E-state index in [0.717, 1.165) is 19.5 Å². The molecule has 0 aromatic heterocycles. The normalized spacial score (nSPS) is 20.1. The van der Waals surface area contributed by atoms with E-state index in [9.17, 15) is 4.79 Å². The highest BCUT2D eigenvalue weighted by molar-refractivity contribution is 6.32. The van der Waals surface area contributed by atoms with Crippen LogP contribution < -0.4 is 10.1 Å². The number of benzene rings is 1. The molecule has 1 aliphatic rings. The first-order valence-electron chi connectivity index (χ1n) is 6.48. The van der Waals surface area contributed by atoms with Gasteiger partial charge in [0, 0.05) is 19.6 Å². The molecule has 2 atom stereocenters. The fourth-order valence-electron chi connectivity index (χ4n) is 2.22. The zero-order chi connectivity index (χ0) is 13.8. The third-order valence-electron chi connectivity index (χ3n) is 3.42. The smallest absolute Gasteiger partial charge is 0.263 e. The lowest BCUT2D eigenvalue weighted by Gasteiger charge is -2.27. The molecule has 1 aliphatic heterocycles. The van der Waals surface area contributed by atoms with Gasteiger partial charge < -0.3 is 15.0 Å². The summed E-state index contributed by atoms with van der Waals surface area (Å²) in [6.45, 7) is 3.56. The van der Waals surface area contributed by atoms with Gasteiger partial charge in [0.2, 0.25) is 0 Å². The number of carbonyl (C=O) groups excluding carboxylic acids is 1. The van der Waals surface area contributed by atoms with Crippen molar-refractivity contribution < 1.29 is 9.53 Å². The highest BCUT2D eigenvalue weighted by atomic mass is 35.5. The molecule has 0 aliphatic carbocycles. The lowest BCUT2D eigenvalue weighted by atomic mass is 10.2. The predicted octanol–water partition coefficient (Wildman–Crippen LogP) is 1.93. The maximum Gasteiger partial charge on any atom is 0.263 e. The van der Waals surface area contributed by atoms with E-state index in [4.69, 9.17) is 16.3 Å². The molecule has 1 aromatic rings. The Bertz CT molecular complexity index is 447. The lowest BCUT2D eigenvalue weighted by molar-refractivity contribution is -0.138. The topological polar surface area (TPSA) is 41.6 Å². The lowest BCUT2D eigenvalue weighted by Crippen LogP contribution is -2.44. The molecule has 0 saturated carbocycles. The van der Waals surface area contributed by atoms with Gasteiger partial charge in [0.15, 0.2) is 6.10 Å². The van der Waals surface area contributed by atoms with Crippen molar-refractivity contribution in [2.24, 2.45) is 0 Å². The van der Waals surface area contributed by atoms with Gasteiger partial charge in [0.1, 0.15) is 5.75 Å². The Balaban J connectivity index is 1.97. The van der Waals surface area contributed by atoms with Crippen LogP contribution in [0.25, 0.3) is 0 Å². The van der Waals surface area contributed by atoms with Crippen molar-refractivity contribution >= 4 is 17.5 Å². The van der Waals surface area contributed by atoms with Crippen LogP contribution in [-0.4, -0.2) is 43.1 Å². The molecule has 1 saturated heterocycles. The molecule has 1 heterocycles. The number of nitrogens with one attached hydrogen (secondary N) is 1. The van der Waals surface area contributed by atoms with Crippen LogP contribution >= 0.6 is 11.6 Å². The van der Waals surface area contributed by atoms with Crippen molar-refractivity contribution in [2.45, 2.75) is 25.5 Å². The largest absolute Gasteiger partial charge is 0.479 e. The van der Waals surface area contributed by atoms with Gasteiger partial charge in [-0.3, -0.25) is 4.79 Å². The Morgan fingerprint density at radius 3 is 2.89 bits per heavy atom. The monoisotopic (exact) mass is 282 g/mol. The van der Waals surface area contributed by atoms with E-state index in [2.05, 4.69) is 5.32 Å². The van der Waals surface area contributed by atoms with Crippen LogP contribution in [0, 0.1) is 0 Å². The first-order chi connectivity index (χ1) is 9.09. The van der Waals surface area contributed by atoms with Crippen LogP contribution in [0.4, 0.5) is 0 Å². The maximum absolute atomic E-state index is 12.3. The summed E-state index contributed by atoms with van der Waals surface area (Å²) in [5, 5.41) is 3.77. The summed E-state index contributed by atoms with van der Waals surface area (Å²) in [6, 6.07) is 7.44. The molecule has 0 radical (unpaired) electrons. The Morgan fingerprint density at radius 1 is 1.53 bits per heavy atom. The van der Waals surface area contributed by atoms with Crippen LogP contribution in [0.3, 0.4) is 0 Å². The van der Waals surface area contributed by atoms with Crippen LogP contribution in [0.15, 0.2) is 24.3 Å². The molecule has 1 amide bonds. The van der Waals surface area contributed by atoms with Crippen LogP contribution in [-0.2, 0) is 4.79 Å². The van der Waals surface area contributed by atoms with E-state index in [0.29, 0.717) is 10.8 Å². The van der Waals surface area contributed by atoms with Gasteiger partial charge in [-0.25, -0.2) is 0 Å². The fourth-order valence-corrected chi connectivity index (χ4v) is 2.40. The van der Waals surface area contributed by atoms with Crippen molar-refractivity contribution in [3.63, 3.8) is 0 Å². The quantitative estimate of drug-likeness (QED) is 0.917. The van der Waals surface area contributed by atoms with E-state index < -0.39 is 6.10 Å². The van der Waals surface area contributed by atoms with Crippen molar-refractivity contribution in [2.75, 3.05) is 20.1 Å². The number of hydrogen-bond acceptors (Lipinski definition) is 3. The summed E-state index contributed by atoms with van der Waals surface area (Å²) in [5.74, 6) is 0.525. The number of carbonyl (C=O) groups is 1. The number of nitrogens with zero attached hydrogens (tertiary/aromatic N) is 1. The van der Waals surface area contributed by atoms with Crippen LogP contribution in [0.5, 0.6) is 5.75 Å². The van der Waals surface area contributed by atoms with Gasteiger partial charge in [-0.15, -0.1) is 0 Å². The van der Waals surface area contributed by atoms with Crippen molar-refractivity contribution in [3.8, 4) is 5.75 Å². The molecule has 1 aromatic carbocycles. The molecule has 2 rings (SSSR count). The minimum atomic E-state index is -0.537. The van der Waals surface area contributed by atoms with Gasteiger partial charge in [0.25, 0.3) is 5.91 Å². The van der Waals surface area contributed by atoms with Crippen molar-refractivity contribution in [1.29, 1.82) is 0 Å². The van der Waals surface area contributed by atoms with Crippen LogP contribution in [0.2, 0.25) is 5.02 Å². The molecular formula is C14H19ClN2O2. The van der Waals surface area contributed by atoms with E-state index in [-0.39, 0.29) is 11.9 Å². The van der Waals surface area contributed by atoms with Crippen LogP contribution in [0.1, 0.15) is 13.3 Å². The molecule has 0 spiro atoms. The van der Waals surface area contributed by atoms with Gasteiger partial charge in [-0.1, -0.05) is 23.7 Å². The molecule has 5 heteroatoms. The SMILES string of the molecule is CC(Oc1ccccc1Cl)C(=O)N(C)C1CCNC1. The van der Waals surface area contributed by atoms with Crippen molar-refractivity contribution in [3.05, 3.63) is 29.3 Å². The summed E-state index contributed by atoms with van der Waals surface area (Å²) >= 11 is 6.02. The molecule has 4 nitrogen and oxygen atoms in total. The van der Waals surface area contributed by atoms with E-state index in [1.807, 2.05) is 19.2 Å². The third kappa shape index (κ3) is 3.39. The summed E-state index contributed by atoms with van der Waals surface area (Å²) < 4.78 is 5.64. The Hall–Kier alpha value is -1.26. The standard InChI is InChI=1S/C14H19ClN2O2/c1-10(19-13-6-4-3-5-12(13)15)14(18)17(2)11-7-8-16-9-11/h3-6,10-11,16H,7-9H2,1-2H3. The minimum absolute atomic E-state index is 0.0198. The second kappa shape index (κ2) is 6.26. The molecule has 1 fully saturated rings. The fraction of sp³-hybridized carbons (Fsp3) is 0.500. The highest BCUT2D eigenvalue weighted by Crippen LogP contribution is 2.24. The summed E-state index contributed by atoms with van der Waals surface area (Å²) in [4.78, 5) is 14.0. The highest BCUT2D eigenvalue weighted by Gasteiger charge is 2.27. The number of rotatable bonds is 4. The Labute approximate surface area is 118 Å². The average Bonchev–Trinajstić information content (AvgIpc) is 2.93. The number of ether oxygens (including phenoxy) is 1. The predicted molar refractivity (Wildman–Crippen MR) is 75.6 cm³/mol.